The fourth-order valence-corrected chi connectivity index (χ4v) is 8.26. The van der Waals surface area contributed by atoms with Crippen molar-refractivity contribution in [3.8, 4) is 0 Å². The molecule has 2 saturated carbocycles. The number of benzene rings is 1. The van der Waals surface area contributed by atoms with Gasteiger partial charge in [-0.25, -0.2) is 4.98 Å². The van der Waals surface area contributed by atoms with Crippen molar-refractivity contribution in [2.45, 2.75) is 63.6 Å². The Labute approximate surface area is 182 Å². The van der Waals surface area contributed by atoms with Gasteiger partial charge in [-0.3, -0.25) is 0 Å². The summed E-state index contributed by atoms with van der Waals surface area (Å²) in [7, 11) is 0. The van der Waals surface area contributed by atoms with Crippen LogP contribution in [0.3, 0.4) is 0 Å². The summed E-state index contributed by atoms with van der Waals surface area (Å²) in [6.45, 7) is 5.16. The van der Waals surface area contributed by atoms with Gasteiger partial charge < -0.3 is 4.57 Å². The summed E-state index contributed by atoms with van der Waals surface area (Å²) < 4.78 is 2.40. The molecule has 1 aromatic carbocycles. The van der Waals surface area contributed by atoms with Crippen LogP contribution in [0.1, 0.15) is 58.8 Å². The highest BCUT2D eigenvalue weighted by atomic mass is 79.9. The third-order valence-electron chi connectivity index (χ3n) is 9.30. The topological polar surface area (TPSA) is 17.8 Å². The van der Waals surface area contributed by atoms with Crippen LogP contribution < -0.4 is 0 Å². The van der Waals surface area contributed by atoms with Gasteiger partial charge in [0, 0.05) is 15.9 Å². The van der Waals surface area contributed by atoms with Gasteiger partial charge in [0.2, 0.25) is 0 Å². The number of nitrogens with zero attached hydrogens (tertiary/aromatic N) is 2. The van der Waals surface area contributed by atoms with E-state index in [0.717, 1.165) is 23.3 Å². The number of fused-ring (bicyclic) bond motifs is 6. The summed E-state index contributed by atoms with van der Waals surface area (Å²) in [6, 6.07) is 8.58. The highest BCUT2D eigenvalue weighted by molar-refractivity contribution is 9.09. The Morgan fingerprint density at radius 3 is 2.72 bits per heavy atom. The Hall–Kier alpha value is -1.35. The molecule has 0 N–H and O–H groups in total. The maximum absolute atomic E-state index is 4.69. The van der Waals surface area contributed by atoms with Crippen LogP contribution in [0.4, 0.5) is 0 Å². The number of hydrogen-bond donors (Lipinski definition) is 0. The summed E-state index contributed by atoms with van der Waals surface area (Å²) in [6.07, 6.45) is 16.5. The first-order chi connectivity index (χ1) is 14.0. The number of imidazole rings is 1. The van der Waals surface area contributed by atoms with Crippen molar-refractivity contribution in [2.75, 3.05) is 0 Å². The lowest BCUT2D eigenvalue weighted by Gasteiger charge is -2.57. The largest absolute Gasteiger partial charge is 0.302 e. The predicted molar refractivity (Wildman–Crippen MR) is 124 cm³/mol. The Morgan fingerprint density at radius 2 is 1.83 bits per heavy atom. The average Bonchev–Trinajstić information content (AvgIpc) is 3.29. The summed E-state index contributed by atoms with van der Waals surface area (Å²) in [5, 5.41) is 0. The van der Waals surface area contributed by atoms with Gasteiger partial charge in [0.1, 0.15) is 6.33 Å². The molecule has 0 radical (unpaired) electrons. The van der Waals surface area contributed by atoms with E-state index in [4.69, 9.17) is 4.98 Å². The van der Waals surface area contributed by atoms with E-state index < -0.39 is 0 Å². The number of hydrogen-bond acceptors (Lipinski definition) is 1. The zero-order valence-corrected chi connectivity index (χ0v) is 19.2. The van der Waals surface area contributed by atoms with Crippen molar-refractivity contribution in [3.05, 3.63) is 48.3 Å². The zero-order valence-electron chi connectivity index (χ0n) is 17.6. The van der Waals surface area contributed by atoms with Crippen LogP contribution in [0.25, 0.3) is 16.7 Å². The van der Waals surface area contributed by atoms with E-state index in [1.54, 1.807) is 5.57 Å². The molecule has 0 aliphatic heterocycles. The van der Waals surface area contributed by atoms with Crippen LogP contribution in [0.5, 0.6) is 0 Å². The van der Waals surface area contributed by atoms with Gasteiger partial charge in [0.25, 0.3) is 0 Å². The van der Waals surface area contributed by atoms with Crippen LogP contribution in [0.2, 0.25) is 0 Å². The third-order valence-corrected chi connectivity index (χ3v) is 10.1. The molecule has 1 heterocycles. The van der Waals surface area contributed by atoms with Gasteiger partial charge in [-0.15, -0.1) is 0 Å². The molecule has 0 bridgehead atoms. The number of allylic oxidation sites excluding steroid dienone is 4. The van der Waals surface area contributed by atoms with Crippen molar-refractivity contribution >= 4 is 32.7 Å². The normalized spacial score (nSPS) is 41.3. The fourth-order valence-electron chi connectivity index (χ4n) is 7.69. The summed E-state index contributed by atoms with van der Waals surface area (Å²) >= 11 is 3.91. The zero-order chi connectivity index (χ0) is 19.8. The van der Waals surface area contributed by atoms with Gasteiger partial charge in [-0.2, -0.15) is 0 Å². The number of halogens is 1. The average molecular weight is 451 g/mol. The van der Waals surface area contributed by atoms with Gasteiger partial charge in [-0.05, 0) is 80.2 Å². The van der Waals surface area contributed by atoms with Crippen LogP contribution in [-0.4, -0.2) is 14.4 Å². The van der Waals surface area contributed by atoms with Gasteiger partial charge in [0.15, 0.2) is 0 Å². The highest BCUT2D eigenvalue weighted by Crippen LogP contribution is 2.66. The van der Waals surface area contributed by atoms with E-state index in [1.807, 2.05) is 0 Å². The van der Waals surface area contributed by atoms with Gasteiger partial charge in [0.05, 0.1) is 11.0 Å². The molecule has 29 heavy (non-hydrogen) atoms. The Bertz CT molecular complexity index is 1030. The minimum absolute atomic E-state index is 0.277. The molecule has 0 saturated heterocycles. The molecule has 1 aromatic heterocycles. The SMILES string of the molecule is C[C@]12CCC(Br)CC1=CC[C@@H]1[C@@H]2CC[C@]2(C)C(n3cnc4ccccc43)=CC[C@@H]12. The van der Waals surface area contributed by atoms with Crippen molar-refractivity contribution < 1.29 is 0 Å². The minimum atomic E-state index is 0.277. The lowest BCUT2D eigenvalue weighted by atomic mass is 9.48. The van der Waals surface area contributed by atoms with Crippen LogP contribution in [-0.2, 0) is 0 Å². The molecular formula is C26H31BrN2. The van der Waals surface area contributed by atoms with Gasteiger partial charge in [-0.1, -0.05) is 59.6 Å². The molecular weight excluding hydrogens is 420 g/mol. The molecule has 4 aliphatic rings. The molecule has 0 spiro atoms. The maximum Gasteiger partial charge on any atom is 0.100 e. The first kappa shape index (κ1) is 18.4. The molecule has 152 valence electrons. The second-order valence-corrected chi connectivity index (χ2v) is 11.8. The molecule has 2 aromatic rings. The van der Waals surface area contributed by atoms with E-state index >= 15 is 0 Å². The molecule has 2 nitrogen and oxygen atoms in total. The molecule has 4 aliphatic carbocycles. The summed E-state index contributed by atoms with van der Waals surface area (Å²) in [5.41, 5.74) is 6.37. The van der Waals surface area contributed by atoms with Crippen LogP contribution in [0.15, 0.2) is 48.3 Å². The van der Waals surface area contributed by atoms with E-state index in [2.05, 4.69) is 77.1 Å². The maximum atomic E-state index is 4.69. The first-order valence-corrected chi connectivity index (χ1v) is 12.4. The molecule has 3 heteroatoms. The Kier molecular flexibility index (Phi) is 4.02. The van der Waals surface area contributed by atoms with E-state index in [-0.39, 0.29) is 5.41 Å². The van der Waals surface area contributed by atoms with Gasteiger partial charge >= 0.3 is 0 Å². The van der Waals surface area contributed by atoms with E-state index in [9.17, 15) is 0 Å². The quantitative estimate of drug-likeness (QED) is 0.331. The Morgan fingerprint density at radius 1 is 1.00 bits per heavy atom. The third kappa shape index (κ3) is 2.49. The molecule has 0 amide bonds. The highest BCUT2D eigenvalue weighted by Gasteiger charge is 2.57. The number of para-hydroxylation sites is 2. The molecule has 1 unspecified atom stereocenters. The van der Waals surface area contributed by atoms with E-state index in [1.165, 1.54) is 56.2 Å². The smallest absolute Gasteiger partial charge is 0.100 e. The second kappa shape index (κ2) is 6.33. The second-order valence-electron chi connectivity index (χ2n) is 10.5. The standard InChI is InChI=1S/C26H31BrN2/c1-25-13-11-18(27)15-17(25)7-8-19-20-9-10-24(26(20,2)14-12-21(19)25)29-16-28-22-5-3-4-6-23(22)29/h3-7,10,16,18-21H,8-9,11-15H2,1-2H3/t18?,19-,20-,21-,25-,26-/m0/s1. The fraction of sp³-hybridized carbons (Fsp3) is 0.577. The van der Waals surface area contributed by atoms with E-state index in [0.29, 0.717) is 10.2 Å². The van der Waals surface area contributed by atoms with Crippen LogP contribution in [0, 0.1) is 28.6 Å². The van der Waals surface area contributed by atoms with Crippen molar-refractivity contribution in [3.63, 3.8) is 0 Å². The number of alkyl halides is 1. The summed E-state index contributed by atoms with van der Waals surface area (Å²) in [4.78, 5) is 5.39. The molecule has 6 rings (SSSR count). The number of rotatable bonds is 1. The predicted octanol–water partition coefficient (Wildman–Crippen LogP) is 7.21. The van der Waals surface area contributed by atoms with Crippen molar-refractivity contribution in [1.82, 2.24) is 9.55 Å². The summed E-state index contributed by atoms with van der Waals surface area (Å²) in [5.74, 6) is 2.47. The molecule has 2 fully saturated rings. The number of aromatic nitrogens is 2. The van der Waals surface area contributed by atoms with Crippen LogP contribution >= 0.6 is 15.9 Å². The Balaban J connectivity index is 1.36. The molecule has 6 atom stereocenters. The first-order valence-electron chi connectivity index (χ1n) is 11.5. The van der Waals surface area contributed by atoms with Crippen molar-refractivity contribution in [1.29, 1.82) is 0 Å². The minimum Gasteiger partial charge on any atom is -0.302 e. The van der Waals surface area contributed by atoms with Crippen molar-refractivity contribution in [2.24, 2.45) is 28.6 Å². The monoisotopic (exact) mass is 450 g/mol. The lowest BCUT2D eigenvalue weighted by molar-refractivity contribution is -0.0106. The lowest BCUT2D eigenvalue weighted by Crippen LogP contribution is -2.49.